The highest BCUT2D eigenvalue weighted by Gasteiger charge is 2.08. The molecule has 2 N–H and O–H groups in total. The zero-order valence-electron chi connectivity index (χ0n) is 10.1. The average Bonchev–Trinajstić information content (AvgIpc) is 2.98. The van der Waals surface area contributed by atoms with E-state index in [0.717, 1.165) is 29.2 Å². The van der Waals surface area contributed by atoms with Gasteiger partial charge in [0.25, 0.3) is 0 Å². The van der Waals surface area contributed by atoms with E-state index in [2.05, 4.69) is 30.2 Å². The molecular weight excluding hydrogens is 284 g/mol. The normalized spacial score (nSPS) is 11.1. The zero-order valence-corrected chi connectivity index (χ0v) is 11.7. The number of nitrogens with zero attached hydrogens (tertiary/aromatic N) is 4. The van der Waals surface area contributed by atoms with Crippen LogP contribution in [0.25, 0.3) is 11.2 Å². The van der Waals surface area contributed by atoms with Gasteiger partial charge in [0, 0.05) is 24.0 Å². The molecular formula is C11H11ClN6S. The molecule has 3 aromatic rings. The maximum absolute atomic E-state index is 5.85. The summed E-state index contributed by atoms with van der Waals surface area (Å²) in [6.07, 6.45) is 2.42. The molecule has 0 amide bonds. The van der Waals surface area contributed by atoms with Gasteiger partial charge in [-0.2, -0.15) is 9.97 Å². The first-order valence-electron chi connectivity index (χ1n) is 5.74. The SMILES string of the molecule is Cc1csc(CCNc2nc(Cl)nc3nc[nH]c23)n1. The minimum atomic E-state index is 0.187. The topological polar surface area (TPSA) is 79.4 Å². The minimum Gasteiger partial charge on any atom is -0.368 e. The standard InChI is InChI=1S/C11H11ClN6S/c1-6-4-19-7(16-6)2-3-13-9-8-10(15-5-14-8)18-11(12)17-9/h4-5H,2-3H2,1H3,(H2,13,14,15,17,18). The van der Waals surface area contributed by atoms with Gasteiger partial charge in [0.05, 0.1) is 11.3 Å². The first-order chi connectivity index (χ1) is 9.22. The van der Waals surface area contributed by atoms with Crippen LogP contribution in [-0.2, 0) is 6.42 Å². The molecule has 19 heavy (non-hydrogen) atoms. The van der Waals surface area contributed by atoms with E-state index in [9.17, 15) is 0 Å². The predicted molar refractivity (Wildman–Crippen MR) is 75.7 cm³/mol. The van der Waals surface area contributed by atoms with Crippen LogP contribution in [0.15, 0.2) is 11.7 Å². The summed E-state index contributed by atoms with van der Waals surface area (Å²) in [5, 5.41) is 6.57. The van der Waals surface area contributed by atoms with Crippen molar-refractivity contribution in [2.45, 2.75) is 13.3 Å². The molecule has 6 nitrogen and oxygen atoms in total. The van der Waals surface area contributed by atoms with Crippen molar-refractivity contribution in [2.24, 2.45) is 0 Å². The van der Waals surface area contributed by atoms with Gasteiger partial charge in [-0.3, -0.25) is 0 Å². The van der Waals surface area contributed by atoms with Crippen molar-refractivity contribution in [3.63, 3.8) is 0 Å². The van der Waals surface area contributed by atoms with E-state index in [0.29, 0.717) is 11.5 Å². The number of nitrogens with one attached hydrogen (secondary N) is 2. The van der Waals surface area contributed by atoms with Crippen LogP contribution >= 0.6 is 22.9 Å². The number of hydrogen-bond donors (Lipinski definition) is 2. The molecule has 0 saturated heterocycles. The second kappa shape index (κ2) is 5.10. The molecule has 0 aliphatic rings. The highest BCUT2D eigenvalue weighted by atomic mass is 35.5. The van der Waals surface area contributed by atoms with Gasteiger partial charge in [0.2, 0.25) is 5.28 Å². The largest absolute Gasteiger partial charge is 0.368 e. The third-order valence-corrected chi connectivity index (χ3v) is 3.75. The lowest BCUT2D eigenvalue weighted by atomic mass is 10.4. The van der Waals surface area contributed by atoms with Crippen LogP contribution in [0.4, 0.5) is 5.82 Å². The number of rotatable bonds is 4. The third kappa shape index (κ3) is 2.66. The van der Waals surface area contributed by atoms with Gasteiger partial charge in [-0.1, -0.05) is 0 Å². The Morgan fingerprint density at radius 1 is 1.37 bits per heavy atom. The van der Waals surface area contributed by atoms with Gasteiger partial charge in [-0.25, -0.2) is 9.97 Å². The van der Waals surface area contributed by atoms with E-state index >= 15 is 0 Å². The highest BCUT2D eigenvalue weighted by Crippen LogP contribution is 2.18. The Morgan fingerprint density at radius 2 is 2.26 bits per heavy atom. The summed E-state index contributed by atoms with van der Waals surface area (Å²) in [5.41, 5.74) is 2.38. The fraction of sp³-hybridized carbons (Fsp3) is 0.273. The summed E-state index contributed by atoms with van der Waals surface area (Å²) in [6, 6.07) is 0. The molecule has 0 spiro atoms. The summed E-state index contributed by atoms with van der Waals surface area (Å²) in [7, 11) is 0. The molecule has 3 heterocycles. The Labute approximate surface area is 118 Å². The van der Waals surface area contributed by atoms with E-state index in [4.69, 9.17) is 11.6 Å². The molecule has 8 heteroatoms. The predicted octanol–water partition coefficient (Wildman–Crippen LogP) is 2.43. The molecule has 0 aliphatic carbocycles. The molecule has 0 bridgehead atoms. The van der Waals surface area contributed by atoms with Gasteiger partial charge in [-0.15, -0.1) is 11.3 Å². The van der Waals surface area contributed by atoms with Crippen molar-refractivity contribution in [1.82, 2.24) is 24.9 Å². The molecule has 3 rings (SSSR count). The monoisotopic (exact) mass is 294 g/mol. The average molecular weight is 295 g/mol. The van der Waals surface area contributed by atoms with Gasteiger partial charge >= 0.3 is 0 Å². The molecule has 0 fully saturated rings. The molecule has 0 atom stereocenters. The number of hydrogen-bond acceptors (Lipinski definition) is 6. The Morgan fingerprint density at radius 3 is 3.05 bits per heavy atom. The zero-order chi connectivity index (χ0) is 13.2. The van der Waals surface area contributed by atoms with Crippen molar-refractivity contribution >= 4 is 39.9 Å². The number of thiazole rings is 1. The Kier molecular flexibility index (Phi) is 3.31. The highest BCUT2D eigenvalue weighted by molar-refractivity contribution is 7.09. The second-order valence-electron chi connectivity index (χ2n) is 4.00. The number of aromatic amines is 1. The van der Waals surface area contributed by atoms with Crippen molar-refractivity contribution in [2.75, 3.05) is 11.9 Å². The van der Waals surface area contributed by atoms with Crippen LogP contribution in [0.3, 0.4) is 0 Å². The maximum Gasteiger partial charge on any atom is 0.226 e. The first-order valence-corrected chi connectivity index (χ1v) is 6.99. The van der Waals surface area contributed by atoms with Crippen molar-refractivity contribution < 1.29 is 0 Å². The van der Waals surface area contributed by atoms with Gasteiger partial charge < -0.3 is 10.3 Å². The van der Waals surface area contributed by atoms with Gasteiger partial charge in [0.15, 0.2) is 11.5 Å². The van der Waals surface area contributed by atoms with Gasteiger partial charge in [-0.05, 0) is 18.5 Å². The number of aryl methyl sites for hydroxylation is 1. The smallest absolute Gasteiger partial charge is 0.226 e. The van der Waals surface area contributed by atoms with E-state index in [-0.39, 0.29) is 5.28 Å². The molecule has 0 aliphatic heterocycles. The quantitative estimate of drug-likeness (QED) is 0.723. The Hall–Kier alpha value is -1.73. The fourth-order valence-electron chi connectivity index (χ4n) is 1.74. The van der Waals surface area contributed by atoms with Crippen LogP contribution in [0.5, 0.6) is 0 Å². The van der Waals surface area contributed by atoms with Crippen LogP contribution < -0.4 is 5.32 Å². The van der Waals surface area contributed by atoms with Crippen LogP contribution in [0.1, 0.15) is 10.7 Å². The number of H-pyrrole nitrogens is 1. The lowest BCUT2D eigenvalue weighted by Gasteiger charge is -2.05. The van der Waals surface area contributed by atoms with E-state index in [1.165, 1.54) is 0 Å². The van der Waals surface area contributed by atoms with Crippen molar-refractivity contribution in [3.8, 4) is 0 Å². The third-order valence-electron chi connectivity index (χ3n) is 2.56. The number of fused-ring (bicyclic) bond motifs is 1. The summed E-state index contributed by atoms with van der Waals surface area (Å²) < 4.78 is 0. The number of halogens is 1. The second-order valence-corrected chi connectivity index (χ2v) is 5.28. The van der Waals surface area contributed by atoms with E-state index in [1.807, 2.05) is 12.3 Å². The number of anilines is 1. The molecule has 0 saturated carbocycles. The molecule has 0 radical (unpaired) electrons. The molecule has 3 aromatic heterocycles. The summed E-state index contributed by atoms with van der Waals surface area (Å²) in [5.74, 6) is 0.667. The van der Waals surface area contributed by atoms with Crippen molar-refractivity contribution in [1.29, 1.82) is 0 Å². The summed E-state index contributed by atoms with van der Waals surface area (Å²) in [6.45, 7) is 2.72. The lowest BCUT2D eigenvalue weighted by molar-refractivity contribution is 0.977. The van der Waals surface area contributed by atoms with Crippen LogP contribution in [0.2, 0.25) is 5.28 Å². The molecule has 98 valence electrons. The number of imidazole rings is 1. The molecule has 0 aromatic carbocycles. The maximum atomic E-state index is 5.85. The summed E-state index contributed by atoms with van der Waals surface area (Å²) in [4.78, 5) is 19.7. The fourth-order valence-corrected chi connectivity index (χ4v) is 2.68. The lowest BCUT2D eigenvalue weighted by Crippen LogP contribution is -2.07. The Bertz CT molecular complexity index is 706. The van der Waals surface area contributed by atoms with Crippen molar-refractivity contribution in [3.05, 3.63) is 27.7 Å². The minimum absolute atomic E-state index is 0.187. The Balaban J connectivity index is 1.73. The number of aromatic nitrogens is 5. The van der Waals surface area contributed by atoms with Crippen LogP contribution in [0, 0.1) is 6.92 Å². The molecule has 0 unspecified atom stereocenters. The first kappa shape index (κ1) is 12.3. The van der Waals surface area contributed by atoms with E-state index in [1.54, 1.807) is 17.7 Å². The van der Waals surface area contributed by atoms with E-state index < -0.39 is 0 Å². The van der Waals surface area contributed by atoms with Crippen LogP contribution in [-0.4, -0.2) is 31.5 Å². The van der Waals surface area contributed by atoms with Gasteiger partial charge in [0.1, 0.15) is 5.52 Å². The summed E-state index contributed by atoms with van der Waals surface area (Å²) >= 11 is 7.52.